The van der Waals surface area contributed by atoms with Gasteiger partial charge >= 0.3 is 0 Å². The number of benzene rings is 3. The molecule has 3 aromatic carbocycles. The number of nitrogens with one attached hydrogen (secondary N) is 2. The van der Waals surface area contributed by atoms with Gasteiger partial charge < -0.3 is 15.8 Å². The number of nitrogen functional groups attached to an aromatic ring is 1. The first-order valence-corrected chi connectivity index (χ1v) is 10.1. The van der Waals surface area contributed by atoms with E-state index in [1.54, 1.807) is 24.4 Å². The van der Waals surface area contributed by atoms with Crippen LogP contribution in [0.1, 0.15) is 0 Å². The second-order valence-electron chi connectivity index (χ2n) is 7.11. The van der Waals surface area contributed by atoms with Crippen molar-refractivity contribution in [2.75, 3.05) is 11.1 Å². The number of anilines is 3. The Kier molecular flexibility index (Phi) is 5.13. The van der Waals surface area contributed by atoms with Crippen LogP contribution in [-0.4, -0.2) is 28.0 Å². The summed E-state index contributed by atoms with van der Waals surface area (Å²) < 4.78 is 5.94. The van der Waals surface area contributed by atoms with E-state index in [0.29, 0.717) is 33.5 Å². The van der Waals surface area contributed by atoms with Crippen LogP contribution in [-0.2, 0) is 0 Å². The molecule has 7 nitrogen and oxygen atoms in total. The van der Waals surface area contributed by atoms with Crippen LogP contribution in [0.5, 0.6) is 11.5 Å². The number of halogens is 1. The van der Waals surface area contributed by atoms with E-state index in [0.717, 1.165) is 22.2 Å². The van der Waals surface area contributed by atoms with Crippen molar-refractivity contribution in [3.05, 3.63) is 77.9 Å². The van der Waals surface area contributed by atoms with Crippen LogP contribution in [0.2, 0.25) is 5.02 Å². The monoisotopic (exact) mass is 438 g/mol. The van der Waals surface area contributed by atoms with Gasteiger partial charge in [-0.25, -0.2) is 4.98 Å². The fraction of sp³-hybridized carbons (Fsp3) is 0. The minimum absolute atomic E-state index is 0.146. The van der Waals surface area contributed by atoms with Crippen LogP contribution >= 0.6 is 11.6 Å². The number of hydrogen-bond acceptors (Lipinski definition) is 6. The van der Waals surface area contributed by atoms with Gasteiger partial charge in [-0.1, -0.05) is 41.3 Å². The van der Waals surface area contributed by atoms with E-state index in [1.165, 1.54) is 0 Å². The van der Waals surface area contributed by atoms with Crippen LogP contribution in [0.3, 0.4) is 0 Å². The molecule has 0 fully saturated rings. The molecule has 0 bridgehead atoms. The van der Waals surface area contributed by atoms with Gasteiger partial charge in [0.25, 0.3) is 0 Å². The summed E-state index contributed by atoms with van der Waals surface area (Å²) in [4.78, 5) is 8.56. The van der Waals surface area contributed by atoms with Crippen molar-refractivity contribution in [1.29, 1.82) is 0 Å². The predicted molar refractivity (Wildman–Crippen MR) is 128 cm³/mol. The number of nitrogens with zero attached hydrogens (tertiary/aromatic N) is 3. The predicted octanol–water partition coefficient (Wildman–Crippen LogP) is 4.59. The van der Waals surface area contributed by atoms with Gasteiger partial charge in [0.05, 0.1) is 22.4 Å². The lowest BCUT2D eigenvalue weighted by Gasteiger charge is -2.12. The quantitative estimate of drug-likeness (QED) is 0.347. The number of nitrogens with two attached hydrogens (primary N) is 1. The van der Waals surface area contributed by atoms with Crippen LogP contribution in [0, 0.1) is 0 Å². The highest BCUT2D eigenvalue weighted by Crippen LogP contribution is 2.33. The second-order valence-corrected chi connectivity index (χ2v) is 7.52. The Morgan fingerprint density at radius 1 is 1.00 bits per heavy atom. The fourth-order valence-corrected chi connectivity index (χ4v) is 3.52. The van der Waals surface area contributed by atoms with E-state index in [9.17, 15) is 0 Å². The number of hydrogen-bond donors (Lipinski definition) is 3. The smallest absolute Gasteiger partial charge is 0.222 e. The zero-order valence-corrected chi connectivity index (χ0v) is 17.5. The maximum absolute atomic E-state index is 6.46. The lowest BCUT2D eigenvalue weighted by Crippen LogP contribution is -2.04. The van der Waals surface area contributed by atoms with E-state index in [4.69, 9.17) is 29.9 Å². The van der Waals surface area contributed by atoms with Gasteiger partial charge in [-0.15, -0.1) is 0 Å². The van der Waals surface area contributed by atoms with Crippen molar-refractivity contribution in [2.24, 2.45) is 0 Å². The Balaban J connectivity index is 1.37. The van der Waals surface area contributed by atoms with Crippen LogP contribution < -0.4 is 21.3 Å². The first-order valence-electron chi connectivity index (χ1n) is 9.71. The van der Waals surface area contributed by atoms with Crippen molar-refractivity contribution in [1.82, 2.24) is 20.2 Å². The Morgan fingerprint density at radius 2 is 1.91 bits per heavy atom. The molecule has 4 N–H and O–H groups in total. The minimum Gasteiger partial charge on any atom is -0.456 e. The summed E-state index contributed by atoms with van der Waals surface area (Å²) in [5.74, 6) is 1.87. The molecule has 0 aliphatic rings. The first-order chi connectivity index (χ1) is 15.5. The highest BCUT2D eigenvalue weighted by Gasteiger charge is 2.09. The van der Waals surface area contributed by atoms with E-state index in [2.05, 4.69) is 25.5 Å². The molecule has 0 spiro atoms. The molecule has 0 saturated heterocycles. The highest BCUT2D eigenvalue weighted by atomic mass is 35.5. The molecule has 2 radical (unpaired) electrons. The van der Waals surface area contributed by atoms with Gasteiger partial charge in [0.2, 0.25) is 5.95 Å². The normalized spacial score (nSPS) is 10.9. The molecule has 9 heteroatoms. The second kappa shape index (κ2) is 8.24. The number of aromatic amines is 1. The van der Waals surface area contributed by atoms with Gasteiger partial charge in [0.15, 0.2) is 0 Å². The SMILES string of the molecule is [B]c1cccc(-c2cc(Nc3ccc(Oc4ccc5[nH]ncc5c4)c(Cl)c3)nc(N)n2)c1. The Labute approximate surface area is 190 Å². The molecule has 2 aromatic heterocycles. The maximum Gasteiger partial charge on any atom is 0.222 e. The van der Waals surface area contributed by atoms with Crippen LogP contribution in [0.4, 0.5) is 17.5 Å². The molecule has 32 heavy (non-hydrogen) atoms. The third kappa shape index (κ3) is 4.21. The maximum atomic E-state index is 6.46. The molecule has 5 aromatic rings. The molecule has 154 valence electrons. The summed E-state index contributed by atoms with van der Waals surface area (Å²) in [6.07, 6.45) is 1.74. The molecule has 0 aliphatic carbocycles. The molecule has 0 amide bonds. The summed E-state index contributed by atoms with van der Waals surface area (Å²) >= 11 is 6.46. The van der Waals surface area contributed by atoms with Crippen molar-refractivity contribution in [3.63, 3.8) is 0 Å². The lowest BCUT2D eigenvalue weighted by molar-refractivity contribution is 0.484. The van der Waals surface area contributed by atoms with E-state index in [1.807, 2.05) is 48.5 Å². The molecule has 0 unspecified atom stereocenters. The topological polar surface area (TPSA) is 102 Å². The van der Waals surface area contributed by atoms with Gasteiger partial charge in [-0.2, -0.15) is 10.1 Å². The number of rotatable bonds is 5. The molecular formula is C23H16BClN6O. The summed E-state index contributed by atoms with van der Waals surface area (Å²) in [7, 11) is 5.88. The largest absolute Gasteiger partial charge is 0.456 e. The van der Waals surface area contributed by atoms with Crippen molar-refractivity contribution >= 4 is 53.3 Å². The molecule has 5 rings (SSSR count). The summed E-state index contributed by atoms with van der Waals surface area (Å²) in [6.45, 7) is 0. The third-order valence-electron chi connectivity index (χ3n) is 4.77. The number of aromatic nitrogens is 4. The third-order valence-corrected chi connectivity index (χ3v) is 5.06. The minimum atomic E-state index is 0.146. The van der Waals surface area contributed by atoms with Crippen LogP contribution in [0.25, 0.3) is 22.2 Å². The van der Waals surface area contributed by atoms with Gasteiger partial charge in [0.1, 0.15) is 25.2 Å². The van der Waals surface area contributed by atoms with Gasteiger partial charge in [0, 0.05) is 17.1 Å². The average molecular weight is 439 g/mol. The summed E-state index contributed by atoms with van der Waals surface area (Å²) in [5.41, 5.74) is 9.72. The van der Waals surface area contributed by atoms with Gasteiger partial charge in [-0.05, 0) is 42.0 Å². The Morgan fingerprint density at radius 3 is 2.75 bits per heavy atom. The zero-order valence-electron chi connectivity index (χ0n) is 16.7. The van der Waals surface area contributed by atoms with Crippen molar-refractivity contribution < 1.29 is 4.74 Å². The molecular weight excluding hydrogens is 423 g/mol. The summed E-state index contributed by atoms with van der Waals surface area (Å²) in [5, 5.41) is 11.5. The van der Waals surface area contributed by atoms with E-state index >= 15 is 0 Å². The molecule has 0 aliphatic heterocycles. The molecule has 2 heterocycles. The lowest BCUT2D eigenvalue weighted by atomic mass is 9.94. The Bertz CT molecular complexity index is 1440. The Hall–Kier alpha value is -4.04. The number of H-pyrrole nitrogens is 1. The van der Waals surface area contributed by atoms with E-state index < -0.39 is 0 Å². The molecule has 0 saturated carbocycles. The van der Waals surface area contributed by atoms with Gasteiger partial charge in [-0.3, -0.25) is 5.10 Å². The zero-order chi connectivity index (χ0) is 22.1. The standard InChI is InChI=1S/C23H16BClN6O/c24-15-3-1-2-13(8-15)20-11-22(30-23(26)29-20)28-16-4-7-21(18(25)10-16)32-17-5-6-19-14(9-17)12-27-31-19/h1-12H,(H,27,31)(H3,26,28,29,30). The fourth-order valence-electron chi connectivity index (χ4n) is 3.30. The molecule has 0 atom stereocenters. The highest BCUT2D eigenvalue weighted by molar-refractivity contribution is 6.32. The van der Waals surface area contributed by atoms with Crippen molar-refractivity contribution in [2.45, 2.75) is 0 Å². The summed E-state index contributed by atoms with van der Waals surface area (Å²) in [6, 6.07) is 20.2. The first kappa shape index (κ1) is 19.9. The number of fused-ring (bicyclic) bond motifs is 1. The average Bonchev–Trinajstić information content (AvgIpc) is 3.23. The van der Waals surface area contributed by atoms with Crippen LogP contribution in [0.15, 0.2) is 72.9 Å². The number of ether oxygens (including phenoxy) is 1. The van der Waals surface area contributed by atoms with E-state index in [-0.39, 0.29) is 5.95 Å². The van der Waals surface area contributed by atoms with Crippen molar-refractivity contribution in [3.8, 4) is 22.8 Å².